The van der Waals surface area contributed by atoms with Gasteiger partial charge in [0.15, 0.2) is 16.6 Å². The number of nitrogens with zero attached hydrogens (tertiary/aromatic N) is 2. The summed E-state index contributed by atoms with van der Waals surface area (Å²) in [5, 5.41) is 6.97. The number of fused-ring (bicyclic) bond motifs is 1. The summed E-state index contributed by atoms with van der Waals surface area (Å²) in [6, 6.07) is 9.98. The number of nitrogens with one attached hydrogen (secondary N) is 2. The summed E-state index contributed by atoms with van der Waals surface area (Å²) in [6.07, 6.45) is 3.13. The molecule has 2 aliphatic rings. The molecule has 6 nitrogen and oxygen atoms in total. The Morgan fingerprint density at radius 3 is 2.68 bits per heavy atom. The first-order valence-corrected chi connectivity index (χ1v) is 10.1. The van der Waals surface area contributed by atoms with Crippen molar-refractivity contribution in [2.75, 3.05) is 30.1 Å². The van der Waals surface area contributed by atoms with Crippen LogP contribution in [0.15, 0.2) is 36.5 Å². The fraction of sp³-hybridized carbons (Fsp3) is 0.429. The molecule has 1 aromatic heterocycles. The Morgan fingerprint density at radius 2 is 1.93 bits per heavy atom. The summed E-state index contributed by atoms with van der Waals surface area (Å²) < 4.78 is 10.7. The zero-order valence-corrected chi connectivity index (χ0v) is 17.1. The van der Waals surface area contributed by atoms with Crippen molar-refractivity contribution in [1.82, 2.24) is 10.3 Å². The van der Waals surface area contributed by atoms with E-state index in [1.807, 2.05) is 30.5 Å². The first kappa shape index (κ1) is 18.8. The fourth-order valence-corrected chi connectivity index (χ4v) is 4.10. The van der Waals surface area contributed by atoms with Gasteiger partial charge in [0.1, 0.15) is 5.82 Å². The molecule has 1 fully saturated rings. The number of rotatable bonds is 4. The topological polar surface area (TPSA) is 58.7 Å². The van der Waals surface area contributed by atoms with Crippen LogP contribution in [0.4, 0.5) is 11.5 Å². The molecule has 0 aliphatic carbocycles. The lowest BCUT2D eigenvalue weighted by Crippen LogP contribution is -2.39. The zero-order chi connectivity index (χ0) is 19.5. The summed E-state index contributed by atoms with van der Waals surface area (Å²) in [4.78, 5) is 7.00. The molecular weight excluding hydrogens is 372 g/mol. The first-order chi connectivity index (χ1) is 13.6. The number of ether oxygens (including phenoxy) is 2. The fourth-order valence-electron chi connectivity index (χ4n) is 3.91. The lowest BCUT2D eigenvalue weighted by Gasteiger charge is -2.35. The van der Waals surface area contributed by atoms with Gasteiger partial charge in [-0.05, 0) is 60.3 Å². The van der Waals surface area contributed by atoms with E-state index in [4.69, 9.17) is 21.7 Å². The van der Waals surface area contributed by atoms with Crippen LogP contribution in [0.3, 0.4) is 0 Å². The minimum Gasteiger partial charge on any atom is -0.454 e. The van der Waals surface area contributed by atoms with Crippen LogP contribution in [0.2, 0.25) is 0 Å². The van der Waals surface area contributed by atoms with Crippen LogP contribution in [-0.4, -0.2) is 30.0 Å². The second-order valence-corrected chi connectivity index (χ2v) is 8.16. The van der Waals surface area contributed by atoms with Gasteiger partial charge in [-0.1, -0.05) is 19.9 Å². The van der Waals surface area contributed by atoms with Crippen molar-refractivity contribution in [2.24, 2.45) is 11.8 Å². The van der Waals surface area contributed by atoms with E-state index in [0.717, 1.165) is 41.7 Å². The summed E-state index contributed by atoms with van der Waals surface area (Å²) in [5.41, 5.74) is 1.96. The highest BCUT2D eigenvalue weighted by molar-refractivity contribution is 7.80. The number of pyridine rings is 1. The zero-order valence-electron chi connectivity index (χ0n) is 16.3. The largest absolute Gasteiger partial charge is 0.454 e. The minimum absolute atomic E-state index is 0.282. The van der Waals surface area contributed by atoms with Crippen LogP contribution in [0, 0.1) is 11.8 Å². The Kier molecular flexibility index (Phi) is 5.52. The second kappa shape index (κ2) is 8.22. The number of hydrogen-bond acceptors (Lipinski definition) is 5. The van der Waals surface area contributed by atoms with Gasteiger partial charge in [-0.15, -0.1) is 0 Å². The highest BCUT2D eigenvalue weighted by Gasteiger charge is 2.22. The lowest BCUT2D eigenvalue weighted by atomic mass is 9.92. The SMILES string of the molecule is C[C@@H]1C[C@@H](C)CN(c2ccc(NC(=S)NCc3ccc4c(c3)OCO4)cn2)C1. The van der Waals surface area contributed by atoms with Gasteiger partial charge in [-0.2, -0.15) is 0 Å². The molecule has 0 unspecified atom stereocenters. The maximum absolute atomic E-state index is 5.41. The summed E-state index contributed by atoms with van der Waals surface area (Å²) >= 11 is 5.41. The molecule has 0 spiro atoms. The maximum atomic E-state index is 5.41. The summed E-state index contributed by atoms with van der Waals surface area (Å²) in [7, 11) is 0. The predicted molar refractivity (Wildman–Crippen MR) is 115 cm³/mol. The van der Waals surface area contributed by atoms with Gasteiger partial charge in [-0.3, -0.25) is 0 Å². The van der Waals surface area contributed by atoms with E-state index >= 15 is 0 Å². The average Bonchev–Trinajstić information content (AvgIpc) is 3.14. The van der Waals surface area contributed by atoms with E-state index in [1.165, 1.54) is 6.42 Å². The van der Waals surface area contributed by atoms with Crippen LogP contribution in [0.5, 0.6) is 11.5 Å². The molecule has 4 rings (SSSR count). The molecule has 2 atom stereocenters. The number of benzene rings is 1. The van der Waals surface area contributed by atoms with Crippen LogP contribution < -0.4 is 25.0 Å². The number of piperidine rings is 1. The molecule has 28 heavy (non-hydrogen) atoms. The van der Waals surface area contributed by atoms with E-state index in [-0.39, 0.29) is 6.79 Å². The van der Waals surface area contributed by atoms with Crippen molar-refractivity contribution in [3.63, 3.8) is 0 Å². The Balaban J connectivity index is 1.29. The Morgan fingerprint density at radius 1 is 1.14 bits per heavy atom. The van der Waals surface area contributed by atoms with Crippen molar-refractivity contribution in [3.8, 4) is 11.5 Å². The van der Waals surface area contributed by atoms with Gasteiger partial charge in [0.2, 0.25) is 6.79 Å². The Labute approximate surface area is 171 Å². The van der Waals surface area contributed by atoms with Crippen LogP contribution in [0.1, 0.15) is 25.8 Å². The molecule has 0 amide bonds. The molecule has 2 aromatic rings. The van der Waals surface area contributed by atoms with E-state index < -0.39 is 0 Å². The highest BCUT2D eigenvalue weighted by atomic mass is 32.1. The van der Waals surface area contributed by atoms with Crippen molar-refractivity contribution in [3.05, 3.63) is 42.1 Å². The van der Waals surface area contributed by atoms with E-state index in [9.17, 15) is 0 Å². The van der Waals surface area contributed by atoms with Gasteiger partial charge in [0.05, 0.1) is 11.9 Å². The molecule has 1 saturated heterocycles. The predicted octanol–water partition coefficient (Wildman–Crippen LogP) is 3.78. The Hall–Kier alpha value is -2.54. The van der Waals surface area contributed by atoms with Crippen LogP contribution >= 0.6 is 12.2 Å². The van der Waals surface area contributed by atoms with E-state index in [0.29, 0.717) is 23.5 Å². The smallest absolute Gasteiger partial charge is 0.231 e. The standard InChI is InChI=1S/C21H26N4O2S/c1-14-7-15(2)12-25(11-14)20-6-4-17(10-22-20)24-21(28)23-9-16-3-5-18-19(8-16)27-13-26-18/h3-6,8,10,14-15H,7,9,11-13H2,1-2H3,(H2,23,24,28)/t14-,15-/m1/s1. The van der Waals surface area contributed by atoms with Crippen molar-refractivity contribution >= 4 is 28.8 Å². The molecule has 1 aromatic carbocycles. The van der Waals surface area contributed by atoms with Gasteiger partial charge >= 0.3 is 0 Å². The minimum atomic E-state index is 0.282. The summed E-state index contributed by atoms with van der Waals surface area (Å²) in [5.74, 6) is 4.00. The third kappa shape index (κ3) is 4.47. The number of hydrogen-bond donors (Lipinski definition) is 2. The monoisotopic (exact) mass is 398 g/mol. The maximum Gasteiger partial charge on any atom is 0.231 e. The van der Waals surface area contributed by atoms with Gasteiger partial charge in [-0.25, -0.2) is 4.98 Å². The Bertz CT molecular complexity index is 833. The third-order valence-corrected chi connectivity index (χ3v) is 5.34. The molecule has 0 radical (unpaired) electrons. The van der Waals surface area contributed by atoms with Crippen molar-refractivity contribution < 1.29 is 9.47 Å². The first-order valence-electron chi connectivity index (χ1n) is 9.71. The quantitative estimate of drug-likeness (QED) is 0.760. The molecule has 2 N–H and O–H groups in total. The van der Waals surface area contributed by atoms with Gasteiger partial charge in [0, 0.05) is 19.6 Å². The lowest BCUT2D eigenvalue weighted by molar-refractivity contribution is 0.174. The number of thiocarbonyl (C=S) groups is 1. The van der Waals surface area contributed by atoms with Crippen molar-refractivity contribution in [2.45, 2.75) is 26.8 Å². The molecule has 3 heterocycles. The highest BCUT2D eigenvalue weighted by Crippen LogP contribution is 2.32. The number of anilines is 2. The summed E-state index contributed by atoms with van der Waals surface area (Å²) in [6.45, 7) is 7.65. The van der Waals surface area contributed by atoms with E-state index in [2.05, 4.69) is 40.4 Å². The molecule has 0 saturated carbocycles. The normalized spacial score (nSPS) is 20.7. The van der Waals surface area contributed by atoms with Crippen LogP contribution in [-0.2, 0) is 6.54 Å². The van der Waals surface area contributed by atoms with Crippen molar-refractivity contribution in [1.29, 1.82) is 0 Å². The molecule has 7 heteroatoms. The number of aromatic nitrogens is 1. The molecule has 148 valence electrons. The second-order valence-electron chi connectivity index (χ2n) is 7.75. The molecule has 0 bridgehead atoms. The van der Waals surface area contributed by atoms with Gasteiger partial charge < -0.3 is 25.0 Å². The molecule has 2 aliphatic heterocycles. The molecular formula is C21H26N4O2S. The average molecular weight is 399 g/mol. The van der Waals surface area contributed by atoms with Gasteiger partial charge in [0.25, 0.3) is 0 Å². The van der Waals surface area contributed by atoms with E-state index in [1.54, 1.807) is 0 Å². The van der Waals surface area contributed by atoms with Crippen LogP contribution in [0.25, 0.3) is 0 Å². The third-order valence-electron chi connectivity index (χ3n) is 5.09.